The largest absolute Gasteiger partial charge is 0.426 e. The van der Waals surface area contributed by atoms with Crippen LogP contribution in [0.2, 0.25) is 0 Å². The first kappa shape index (κ1) is 18.7. The molecule has 0 heterocycles. The fourth-order valence-electron chi connectivity index (χ4n) is 2.68. The molecule has 2 aromatic rings. The SMILES string of the molecule is CCC(CC)(C(=O)Oc1cccc(C)c1)C(=O)Oc1cccc(C)c1. The Hall–Kier alpha value is -2.62. The van der Waals surface area contributed by atoms with Crippen LogP contribution in [0.5, 0.6) is 11.5 Å². The van der Waals surface area contributed by atoms with Gasteiger partial charge in [0.15, 0.2) is 5.41 Å². The fraction of sp³-hybridized carbons (Fsp3) is 0.333. The Balaban J connectivity index is 2.23. The maximum atomic E-state index is 12.8. The molecule has 0 amide bonds. The first-order valence-electron chi connectivity index (χ1n) is 8.49. The fourth-order valence-corrected chi connectivity index (χ4v) is 2.68. The summed E-state index contributed by atoms with van der Waals surface area (Å²) in [5.41, 5.74) is 0.630. The van der Waals surface area contributed by atoms with Crippen molar-refractivity contribution >= 4 is 11.9 Å². The zero-order valence-corrected chi connectivity index (χ0v) is 15.2. The van der Waals surface area contributed by atoms with E-state index in [0.29, 0.717) is 24.3 Å². The highest BCUT2D eigenvalue weighted by Crippen LogP contribution is 2.32. The average Bonchev–Trinajstić information content (AvgIpc) is 2.56. The first-order chi connectivity index (χ1) is 11.9. The number of esters is 2. The maximum Gasteiger partial charge on any atom is 0.328 e. The second-order valence-corrected chi connectivity index (χ2v) is 6.20. The molecule has 4 heteroatoms. The highest BCUT2D eigenvalue weighted by Gasteiger charge is 2.46. The summed E-state index contributed by atoms with van der Waals surface area (Å²) in [7, 11) is 0. The monoisotopic (exact) mass is 340 g/mol. The molecule has 0 fully saturated rings. The van der Waals surface area contributed by atoms with Crippen LogP contribution in [0.15, 0.2) is 48.5 Å². The van der Waals surface area contributed by atoms with Crippen LogP contribution in [0.25, 0.3) is 0 Å². The lowest BCUT2D eigenvalue weighted by atomic mass is 9.82. The molecule has 2 aromatic carbocycles. The number of carbonyl (C=O) groups is 2. The van der Waals surface area contributed by atoms with Crippen LogP contribution in [0, 0.1) is 19.3 Å². The van der Waals surface area contributed by atoms with Gasteiger partial charge in [0.2, 0.25) is 0 Å². The lowest BCUT2D eigenvalue weighted by Gasteiger charge is -2.26. The van der Waals surface area contributed by atoms with Crippen LogP contribution in [0.3, 0.4) is 0 Å². The van der Waals surface area contributed by atoms with Crippen LogP contribution in [-0.2, 0) is 9.59 Å². The van der Waals surface area contributed by atoms with Gasteiger partial charge in [-0.25, -0.2) is 0 Å². The second-order valence-electron chi connectivity index (χ2n) is 6.20. The number of ether oxygens (including phenoxy) is 2. The number of carbonyl (C=O) groups excluding carboxylic acids is 2. The number of aryl methyl sites for hydroxylation is 2. The zero-order valence-electron chi connectivity index (χ0n) is 15.2. The van der Waals surface area contributed by atoms with E-state index in [1.165, 1.54) is 0 Å². The molecule has 25 heavy (non-hydrogen) atoms. The van der Waals surface area contributed by atoms with E-state index in [1.807, 2.05) is 38.1 Å². The molecule has 0 N–H and O–H groups in total. The summed E-state index contributed by atoms with van der Waals surface area (Å²) >= 11 is 0. The van der Waals surface area contributed by atoms with Gasteiger partial charge in [0.1, 0.15) is 11.5 Å². The predicted octanol–water partition coefficient (Wildman–Crippen LogP) is 4.62. The van der Waals surface area contributed by atoms with Crippen molar-refractivity contribution in [2.45, 2.75) is 40.5 Å². The third-order valence-corrected chi connectivity index (χ3v) is 4.39. The Kier molecular flexibility index (Phi) is 5.97. The maximum absolute atomic E-state index is 12.8. The summed E-state index contributed by atoms with van der Waals surface area (Å²) in [6.07, 6.45) is 0.609. The van der Waals surface area contributed by atoms with Crippen LogP contribution >= 0.6 is 0 Å². The molecule has 0 aliphatic rings. The number of benzene rings is 2. The van der Waals surface area contributed by atoms with Crippen LogP contribution in [-0.4, -0.2) is 11.9 Å². The molecule has 0 atom stereocenters. The van der Waals surface area contributed by atoms with Gasteiger partial charge >= 0.3 is 11.9 Å². The quantitative estimate of drug-likeness (QED) is 0.437. The van der Waals surface area contributed by atoms with Crippen LogP contribution < -0.4 is 9.47 Å². The molecule has 4 nitrogen and oxygen atoms in total. The molecule has 0 spiro atoms. The second kappa shape index (κ2) is 7.97. The van der Waals surface area contributed by atoms with E-state index in [4.69, 9.17) is 9.47 Å². The number of hydrogen-bond donors (Lipinski definition) is 0. The predicted molar refractivity (Wildman–Crippen MR) is 96.6 cm³/mol. The minimum atomic E-state index is -1.33. The summed E-state index contributed by atoms with van der Waals surface area (Å²) in [6, 6.07) is 14.4. The van der Waals surface area contributed by atoms with Crippen molar-refractivity contribution < 1.29 is 19.1 Å². The van der Waals surface area contributed by atoms with Gasteiger partial charge in [-0.2, -0.15) is 0 Å². The van der Waals surface area contributed by atoms with Gasteiger partial charge in [0, 0.05) is 0 Å². The molecule has 0 unspecified atom stereocenters. The standard InChI is InChI=1S/C21H24O4/c1-5-21(6-2,19(22)24-17-11-7-9-15(3)13-17)20(23)25-18-12-8-10-16(4)14-18/h7-14H,5-6H2,1-4H3. The number of hydrogen-bond acceptors (Lipinski definition) is 4. The molecular formula is C21H24O4. The molecule has 0 aliphatic heterocycles. The van der Waals surface area contributed by atoms with Gasteiger partial charge in [-0.15, -0.1) is 0 Å². The summed E-state index contributed by atoms with van der Waals surface area (Å²) in [6.45, 7) is 7.41. The van der Waals surface area contributed by atoms with Crippen LogP contribution in [0.1, 0.15) is 37.8 Å². The molecule has 0 saturated heterocycles. The lowest BCUT2D eigenvalue weighted by molar-refractivity contribution is -0.161. The van der Waals surface area contributed by atoms with Gasteiger partial charge in [-0.3, -0.25) is 9.59 Å². The van der Waals surface area contributed by atoms with Gasteiger partial charge in [0.05, 0.1) is 0 Å². The van der Waals surface area contributed by atoms with Crippen molar-refractivity contribution in [3.63, 3.8) is 0 Å². The van der Waals surface area contributed by atoms with E-state index in [-0.39, 0.29) is 0 Å². The van der Waals surface area contributed by atoms with E-state index >= 15 is 0 Å². The van der Waals surface area contributed by atoms with Crippen molar-refractivity contribution in [2.24, 2.45) is 5.41 Å². The van der Waals surface area contributed by atoms with Crippen molar-refractivity contribution in [1.82, 2.24) is 0 Å². The molecule has 0 bridgehead atoms. The highest BCUT2D eigenvalue weighted by atomic mass is 16.6. The summed E-state index contributed by atoms with van der Waals surface area (Å²) in [5.74, 6) is -0.305. The topological polar surface area (TPSA) is 52.6 Å². The van der Waals surface area contributed by atoms with Crippen molar-refractivity contribution in [3.8, 4) is 11.5 Å². The Morgan fingerprint density at radius 3 is 1.52 bits per heavy atom. The van der Waals surface area contributed by atoms with Gasteiger partial charge in [-0.05, 0) is 62.1 Å². The van der Waals surface area contributed by atoms with Gasteiger partial charge in [0.25, 0.3) is 0 Å². The normalized spacial score (nSPS) is 11.0. The lowest BCUT2D eigenvalue weighted by Crippen LogP contribution is -2.43. The molecule has 132 valence electrons. The Morgan fingerprint density at radius 1 is 0.800 bits per heavy atom. The summed E-state index contributed by atoms with van der Waals surface area (Å²) in [4.78, 5) is 25.6. The molecule has 0 radical (unpaired) electrons. The zero-order chi connectivity index (χ0) is 18.4. The third-order valence-electron chi connectivity index (χ3n) is 4.39. The van der Waals surface area contributed by atoms with E-state index in [2.05, 4.69) is 0 Å². The van der Waals surface area contributed by atoms with E-state index < -0.39 is 17.4 Å². The molecule has 0 aliphatic carbocycles. The summed E-state index contributed by atoms with van der Waals surface area (Å²) in [5, 5.41) is 0. The minimum absolute atomic E-state index is 0.304. The van der Waals surface area contributed by atoms with E-state index in [9.17, 15) is 9.59 Å². The third kappa shape index (κ3) is 4.27. The molecule has 0 saturated carbocycles. The van der Waals surface area contributed by atoms with Gasteiger partial charge < -0.3 is 9.47 Å². The van der Waals surface area contributed by atoms with Crippen molar-refractivity contribution in [3.05, 3.63) is 59.7 Å². The average molecular weight is 340 g/mol. The van der Waals surface area contributed by atoms with Crippen molar-refractivity contribution in [1.29, 1.82) is 0 Å². The molecular weight excluding hydrogens is 316 g/mol. The smallest absolute Gasteiger partial charge is 0.328 e. The number of rotatable bonds is 6. The van der Waals surface area contributed by atoms with Gasteiger partial charge in [-0.1, -0.05) is 38.1 Å². The van der Waals surface area contributed by atoms with E-state index in [1.54, 1.807) is 38.1 Å². The first-order valence-corrected chi connectivity index (χ1v) is 8.49. The Labute approximate surface area is 148 Å². The van der Waals surface area contributed by atoms with E-state index in [0.717, 1.165) is 11.1 Å². The minimum Gasteiger partial charge on any atom is -0.426 e. The molecule has 2 rings (SSSR count). The Bertz CT molecular complexity index is 698. The van der Waals surface area contributed by atoms with Crippen LogP contribution in [0.4, 0.5) is 0 Å². The summed E-state index contributed by atoms with van der Waals surface area (Å²) < 4.78 is 11.0. The Morgan fingerprint density at radius 2 is 1.20 bits per heavy atom. The highest BCUT2D eigenvalue weighted by molar-refractivity contribution is 6.01. The molecule has 0 aromatic heterocycles. The van der Waals surface area contributed by atoms with Crippen molar-refractivity contribution in [2.75, 3.05) is 0 Å².